The number of amides is 2. The Kier molecular flexibility index (Phi) is 6.74. The zero-order valence-electron chi connectivity index (χ0n) is 14.0. The molecule has 130 valence electrons. The molecule has 1 aromatic rings. The fourth-order valence-electron chi connectivity index (χ4n) is 2.80. The van der Waals surface area contributed by atoms with Gasteiger partial charge in [-0.1, -0.05) is 0 Å². The Hall–Kier alpha value is -2.41. The lowest BCUT2D eigenvalue weighted by Gasteiger charge is -2.35. The summed E-state index contributed by atoms with van der Waals surface area (Å²) in [6.45, 7) is 4.32. The van der Waals surface area contributed by atoms with Gasteiger partial charge in [0.2, 0.25) is 0 Å². The summed E-state index contributed by atoms with van der Waals surface area (Å²) in [7, 11) is 1.57. The van der Waals surface area contributed by atoms with Crippen molar-refractivity contribution < 1.29 is 14.4 Å². The third kappa shape index (κ3) is 4.55. The molecule has 0 radical (unpaired) electrons. The molecule has 0 saturated carbocycles. The third-order valence-electron chi connectivity index (χ3n) is 4.16. The maximum atomic E-state index is 12.0. The van der Waals surface area contributed by atoms with Crippen LogP contribution in [0.1, 0.15) is 6.42 Å². The van der Waals surface area contributed by atoms with Crippen molar-refractivity contribution >= 4 is 30.0 Å². The number of carbonyl (C=O) groups excluding carboxylic acids is 3. The van der Waals surface area contributed by atoms with Gasteiger partial charge in [0.25, 0.3) is 0 Å². The Morgan fingerprint density at radius 3 is 2.33 bits per heavy atom. The van der Waals surface area contributed by atoms with E-state index in [0.29, 0.717) is 19.5 Å². The molecule has 0 spiro atoms. The second-order valence-electron chi connectivity index (χ2n) is 5.63. The summed E-state index contributed by atoms with van der Waals surface area (Å²) < 4.78 is 0. The summed E-state index contributed by atoms with van der Waals surface area (Å²) in [5.74, 6) is 0. The molecule has 0 atom stereocenters. The highest BCUT2D eigenvalue weighted by Crippen LogP contribution is 2.22. The number of benzene rings is 1. The number of anilines is 2. The van der Waals surface area contributed by atoms with E-state index in [0.717, 1.165) is 50.1 Å². The van der Waals surface area contributed by atoms with Crippen LogP contribution >= 0.6 is 0 Å². The van der Waals surface area contributed by atoms with Crippen molar-refractivity contribution in [1.29, 1.82) is 0 Å². The molecule has 0 aromatic heterocycles. The van der Waals surface area contributed by atoms with E-state index in [1.54, 1.807) is 11.9 Å². The fourth-order valence-corrected chi connectivity index (χ4v) is 2.80. The fraction of sp³-hybridized carbons (Fsp3) is 0.471. The standard InChI is InChI=1S/C17H24N4O3/c1-18-17(24)21(7-2-13-22)16-5-3-15(4-6-16)20-10-8-19(9-11-20)12-14-23/h3-6,13-14H,2,7-12H2,1H3,(H,18,24). The van der Waals surface area contributed by atoms with Crippen LogP contribution in [0, 0.1) is 0 Å². The first kappa shape index (κ1) is 17.9. The minimum absolute atomic E-state index is 0.230. The highest BCUT2D eigenvalue weighted by atomic mass is 16.2. The van der Waals surface area contributed by atoms with E-state index >= 15 is 0 Å². The van der Waals surface area contributed by atoms with Gasteiger partial charge in [0.15, 0.2) is 0 Å². The number of hydrogen-bond acceptors (Lipinski definition) is 5. The average molecular weight is 332 g/mol. The second kappa shape index (κ2) is 9.02. The Balaban J connectivity index is 2.02. The van der Waals surface area contributed by atoms with E-state index < -0.39 is 0 Å². The number of rotatable bonds is 7. The van der Waals surface area contributed by atoms with Crippen molar-refractivity contribution in [2.45, 2.75) is 6.42 Å². The van der Waals surface area contributed by atoms with Crippen LogP contribution in [0.4, 0.5) is 16.2 Å². The van der Waals surface area contributed by atoms with E-state index in [9.17, 15) is 14.4 Å². The average Bonchev–Trinajstić information content (AvgIpc) is 2.63. The lowest BCUT2D eigenvalue weighted by molar-refractivity contribution is -0.109. The number of piperazine rings is 1. The van der Waals surface area contributed by atoms with Gasteiger partial charge in [-0.3, -0.25) is 9.80 Å². The lowest BCUT2D eigenvalue weighted by Crippen LogP contribution is -2.46. The zero-order valence-corrected chi connectivity index (χ0v) is 14.0. The van der Waals surface area contributed by atoms with Gasteiger partial charge in [0, 0.05) is 57.6 Å². The Morgan fingerprint density at radius 2 is 1.79 bits per heavy atom. The zero-order chi connectivity index (χ0) is 17.4. The maximum Gasteiger partial charge on any atom is 0.321 e. The predicted octanol–water partition coefficient (Wildman–Crippen LogP) is 0.742. The van der Waals surface area contributed by atoms with Crippen molar-refractivity contribution in [3.05, 3.63) is 24.3 Å². The van der Waals surface area contributed by atoms with Gasteiger partial charge in [-0.05, 0) is 24.3 Å². The number of carbonyl (C=O) groups is 3. The van der Waals surface area contributed by atoms with Crippen LogP contribution in [-0.4, -0.2) is 69.8 Å². The van der Waals surface area contributed by atoms with Gasteiger partial charge < -0.3 is 19.8 Å². The smallest absolute Gasteiger partial charge is 0.321 e. The minimum Gasteiger partial charge on any atom is -0.369 e. The molecule has 24 heavy (non-hydrogen) atoms. The van der Waals surface area contributed by atoms with Crippen LogP contribution < -0.4 is 15.1 Å². The molecule has 1 aliphatic heterocycles. The van der Waals surface area contributed by atoms with Gasteiger partial charge in [-0.2, -0.15) is 0 Å². The molecule has 1 heterocycles. The molecule has 2 rings (SSSR count). The molecule has 7 nitrogen and oxygen atoms in total. The van der Waals surface area contributed by atoms with Gasteiger partial charge in [0.1, 0.15) is 12.6 Å². The van der Waals surface area contributed by atoms with E-state index in [1.165, 1.54) is 0 Å². The minimum atomic E-state index is -0.230. The first-order chi connectivity index (χ1) is 11.7. The molecular formula is C17H24N4O3. The quantitative estimate of drug-likeness (QED) is 0.746. The number of hydrogen-bond donors (Lipinski definition) is 1. The topological polar surface area (TPSA) is 73.0 Å². The summed E-state index contributed by atoms with van der Waals surface area (Å²) >= 11 is 0. The normalized spacial score (nSPS) is 15.0. The highest BCUT2D eigenvalue weighted by molar-refractivity contribution is 5.92. The van der Waals surface area contributed by atoms with Crippen LogP contribution in [0.2, 0.25) is 0 Å². The van der Waals surface area contributed by atoms with E-state index in [2.05, 4.69) is 15.1 Å². The largest absolute Gasteiger partial charge is 0.369 e. The number of nitrogens with one attached hydrogen (secondary N) is 1. The van der Waals surface area contributed by atoms with E-state index in [4.69, 9.17) is 0 Å². The van der Waals surface area contributed by atoms with Crippen molar-refractivity contribution in [3.63, 3.8) is 0 Å². The molecule has 1 N–H and O–H groups in total. The van der Waals surface area contributed by atoms with Crippen LogP contribution in [0.3, 0.4) is 0 Å². The van der Waals surface area contributed by atoms with Gasteiger partial charge in [0.05, 0.1) is 6.54 Å². The first-order valence-electron chi connectivity index (χ1n) is 8.13. The second-order valence-corrected chi connectivity index (χ2v) is 5.63. The number of urea groups is 1. The Bertz CT molecular complexity index is 553. The third-order valence-corrected chi connectivity index (χ3v) is 4.16. The molecule has 1 aromatic carbocycles. The van der Waals surface area contributed by atoms with Crippen molar-refractivity contribution in [2.75, 3.05) is 56.1 Å². The van der Waals surface area contributed by atoms with Crippen LogP contribution in [-0.2, 0) is 9.59 Å². The van der Waals surface area contributed by atoms with Crippen LogP contribution in [0.25, 0.3) is 0 Å². The molecule has 0 bridgehead atoms. The number of nitrogens with zero attached hydrogens (tertiary/aromatic N) is 3. The number of aldehydes is 2. The summed E-state index contributed by atoms with van der Waals surface area (Å²) in [5.41, 5.74) is 1.86. The molecular weight excluding hydrogens is 308 g/mol. The van der Waals surface area contributed by atoms with Crippen LogP contribution in [0.15, 0.2) is 24.3 Å². The van der Waals surface area contributed by atoms with Gasteiger partial charge in [-0.15, -0.1) is 0 Å². The van der Waals surface area contributed by atoms with Crippen LogP contribution in [0.5, 0.6) is 0 Å². The molecule has 2 amide bonds. The maximum absolute atomic E-state index is 12.0. The predicted molar refractivity (Wildman–Crippen MR) is 93.6 cm³/mol. The Morgan fingerprint density at radius 1 is 1.12 bits per heavy atom. The SMILES string of the molecule is CNC(=O)N(CCC=O)c1ccc(N2CCN(CC=O)CC2)cc1. The lowest BCUT2D eigenvalue weighted by atomic mass is 10.2. The van der Waals surface area contributed by atoms with Crippen molar-refractivity contribution in [1.82, 2.24) is 10.2 Å². The van der Waals surface area contributed by atoms with Crippen molar-refractivity contribution in [3.8, 4) is 0 Å². The molecule has 1 aliphatic rings. The summed E-state index contributed by atoms with van der Waals surface area (Å²) in [6.07, 6.45) is 2.05. The molecule has 7 heteroatoms. The Labute approximate surface area is 142 Å². The van der Waals surface area contributed by atoms with Gasteiger partial charge in [-0.25, -0.2) is 4.79 Å². The molecule has 0 unspecified atom stereocenters. The monoisotopic (exact) mass is 332 g/mol. The van der Waals surface area contributed by atoms with E-state index in [1.807, 2.05) is 24.3 Å². The first-order valence-corrected chi connectivity index (χ1v) is 8.13. The van der Waals surface area contributed by atoms with E-state index in [-0.39, 0.29) is 6.03 Å². The molecule has 0 aliphatic carbocycles. The van der Waals surface area contributed by atoms with Crippen molar-refractivity contribution in [2.24, 2.45) is 0 Å². The molecule has 1 fully saturated rings. The summed E-state index contributed by atoms with van der Waals surface area (Å²) in [6, 6.07) is 7.54. The highest BCUT2D eigenvalue weighted by Gasteiger charge is 2.18. The van der Waals surface area contributed by atoms with Gasteiger partial charge >= 0.3 is 6.03 Å². The summed E-state index contributed by atoms with van der Waals surface area (Å²) in [5, 5.41) is 2.59. The summed E-state index contributed by atoms with van der Waals surface area (Å²) in [4.78, 5) is 39.1. The molecule has 1 saturated heterocycles.